The number of ether oxygens (including phenoxy) is 2. The number of alkyl halides is 1. The maximum atomic E-state index is 11.7. The molecule has 0 aliphatic carbocycles. The molecule has 0 bridgehead atoms. The van der Waals surface area contributed by atoms with Crippen LogP contribution in [0.15, 0.2) is 18.2 Å². The van der Waals surface area contributed by atoms with Gasteiger partial charge in [-0.05, 0) is 11.0 Å². The van der Waals surface area contributed by atoms with Gasteiger partial charge in [0.15, 0.2) is 6.29 Å². The van der Waals surface area contributed by atoms with Crippen LogP contribution < -0.4 is 5.32 Å². The first-order valence-corrected chi connectivity index (χ1v) is 6.93. The fourth-order valence-electron chi connectivity index (χ4n) is 2.05. The Hall–Kier alpha value is -1.10. The predicted octanol–water partition coefficient (Wildman–Crippen LogP) is 3.45. The first kappa shape index (κ1) is 17.0. The smallest absolute Gasteiger partial charge is 0.239 e. The van der Waals surface area contributed by atoms with Crippen LogP contribution in [-0.4, -0.2) is 26.0 Å². The van der Waals surface area contributed by atoms with Gasteiger partial charge in [0, 0.05) is 19.8 Å². The van der Waals surface area contributed by atoms with E-state index in [1.807, 2.05) is 18.2 Å². The number of carbonyl (C=O) groups excluding carboxylic acids is 1. The van der Waals surface area contributed by atoms with Gasteiger partial charge < -0.3 is 14.8 Å². The van der Waals surface area contributed by atoms with E-state index in [1.165, 1.54) is 0 Å². The number of amides is 1. The standard InChI is InChI=1S/C15H22ClNO3/c1-15(2,3)11-8-6-7-10(14(19-4)20-5)13(11)17-12(18)9-16/h6-8,14H,9H2,1-5H3,(H,17,18). The van der Waals surface area contributed by atoms with E-state index in [0.717, 1.165) is 11.1 Å². The summed E-state index contributed by atoms with van der Waals surface area (Å²) in [5, 5.41) is 2.85. The lowest BCUT2D eigenvalue weighted by atomic mass is 9.84. The topological polar surface area (TPSA) is 47.6 Å². The average molecular weight is 300 g/mol. The van der Waals surface area contributed by atoms with Gasteiger partial charge in [-0.15, -0.1) is 11.6 Å². The van der Waals surface area contributed by atoms with Crippen molar-refractivity contribution in [1.29, 1.82) is 0 Å². The minimum Gasteiger partial charge on any atom is -0.352 e. The number of hydrogen-bond donors (Lipinski definition) is 1. The van der Waals surface area contributed by atoms with E-state index in [0.29, 0.717) is 5.69 Å². The lowest BCUT2D eigenvalue weighted by molar-refractivity contribution is -0.114. The number of carbonyl (C=O) groups is 1. The summed E-state index contributed by atoms with van der Waals surface area (Å²) in [6.45, 7) is 6.24. The average Bonchev–Trinajstić information content (AvgIpc) is 2.40. The van der Waals surface area contributed by atoms with Crippen molar-refractivity contribution < 1.29 is 14.3 Å². The van der Waals surface area contributed by atoms with E-state index in [9.17, 15) is 4.79 Å². The lowest BCUT2D eigenvalue weighted by Gasteiger charge is -2.27. The first-order chi connectivity index (χ1) is 9.35. The number of rotatable bonds is 5. The van der Waals surface area contributed by atoms with Gasteiger partial charge in [0.2, 0.25) is 5.91 Å². The number of halogens is 1. The molecular formula is C15H22ClNO3. The second-order valence-corrected chi connectivity index (χ2v) is 5.77. The summed E-state index contributed by atoms with van der Waals surface area (Å²) in [5.74, 6) is -0.349. The lowest BCUT2D eigenvalue weighted by Crippen LogP contribution is -2.22. The Bertz CT molecular complexity index is 465. The van der Waals surface area contributed by atoms with Crippen LogP contribution in [0.3, 0.4) is 0 Å². The van der Waals surface area contributed by atoms with Gasteiger partial charge in [0.25, 0.3) is 0 Å². The molecule has 0 spiro atoms. The third-order valence-corrected chi connectivity index (χ3v) is 3.22. The van der Waals surface area contributed by atoms with Crippen LogP contribution in [0.25, 0.3) is 0 Å². The van der Waals surface area contributed by atoms with Crippen LogP contribution in [0, 0.1) is 0 Å². The Morgan fingerprint density at radius 1 is 1.30 bits per heavy atom. The molecule has 1 aromatic carbocycles. The number of methoxy groups -OCH3 is 2. The summed E-state index contributed by atoms with van der Waals surface area (Å²) in [4.78, 5) is 11.7. The zero-order valence-electron chi connectivity index (χ0n) is 12.6. The minimum absolute atomic E-state index is 0.0947. The van der Waals surface area contributed by atoms with Crippen LogP contribution >= 0.6 is 11.6 Å². The summed E-state index contributed by atoms with van der Waals surface area (Å²) in [6.07, 6.45) is -0.539. The number of benzene rings is 1. The zero-order chi connectivity index (χ0) is 15.3. The van der Waals surface area contributed by atoms with Crippen molar-refractivity contribution in [1.82, 2.24) is 0 Å². The van der Waals surface area contributed by atoms with Crippen molar-refractivity contribution in [3.63, 3.8) is 0 Å². The van der Waals surface area contributed by atoms with Crippen molar-refractivity contribution >= 4 is 23.2 Å². The van der Waals surface area contributed by atoms with E-state index in [1.54, 1.807) is 14.2 Å². The van der Waals surface area contributed by atoms with E-state index in [2.05, 4.69) is 26.1 Å². The molecule has 1 rings (SSSR count). The number of nitrogens with one attached hydrogen (secondary N) is 1. The van der Waals surface area contributed by atoms with E-state index in [4.69, 9.17) is 21.1 Å². The molecule has 0 radical (unpaired) electrons. The molecule has 1 N–H and O–H groups in total. The van der Waals surface area contributed by atoms with Crippen molar-refractivity contribution in [3.8, 4) is 0 Å². The quantitative estimate of drug-likeness (QED) is 0.669. The summed E-state index contributed by atoms with van der Waals surface area (Å²) in [7, 11) is 3.12. The van der Waals surface area contributed by atoms with Gasteiger partial charge >= 0.3 is 0 Å². The van der Waals surface area contributed by atoms with Gasteiger partial charge in [-0.25, -0.2) is 0 Å². The Morgan fingerprint density at radius 3 is 2.35 bits per heavy atom. The molecule has 0 unspecified atom stereocenters. The van der Waals surface area contributed by atoms with Crippen molar-refractivity contribution in [2.75, 3.05) is 25.4 Å². The maximum absolute atomic E-state index is 11.7. The molecule has 1 aromatic rings. The number of para-hydroxylation sites is 1. The molecule has 5 heteroatoms. The molecule has 0 heterocycles. The molecule has 4 nitrogen and oxygen atoms in total. The monoisotopic (exact) mass is 299 g/mol. The molecule has 0 aliphatic rings. The highest BCUT2D eigenvalue weighted by molar-refractivity contribution is 6.29. The maximum Gasteiger partial charge on any atom is 0.239 e. The predicted molar refractivity (Wildman–Crippen MR) is 81.3 cm³/mol. The molecule has 0 aromatic heterocycles. The second kappa shape index (κ2) is 7.07. The zero-order valence-corrected chi connectivity index (χ0v) is 13.4. The second-order valence-electron chi connectivity index (χ2n) is 5.50. The molecule has 112 valence electrons. The Morgan fingerprint density at radius 2 is 1.90 bits per heavy atom. The third-order valence-electron chi connectivity index (χ3n) is 2.97. The SMILES string of the molecule is COC(OC)c1cccc(C(C)(C)C)c1NC(=O)CCl. The van der Waals surface area contributed by atoms with Crippen LogP contribution in [-0.2, 0) is 19.7 Å². The van der Waals surface area contributed by atoms with Crippen LogP contribution in [0.1, 0.15) is 38.2 Å². The minimum atomic E-state index is -0.539. The Balaban J connectivity index is 3.39. The number of anilines is 1. The van der Waals surface area contributed by atoms with Gasteiger partial charge in [0.05, 0.1) is 5.69 Å². The van der Waals surface area contributed by atoms with E-state index < -0.39 is 6.29 Å². The van der Waals surface area contributed by atoms with Gasteiger partial charge in [-0.3, -0.25) is 4.79 Å². The highest BCUT2D eigenvalue weighted by Gasteiger charge is 2.24. The Labute approximate surface area is 125 Å². The number of hydrogen-bond acceptors (Lipinski definition) is 3. The molecule has 0 saturated heterocycles. The third kappa shape index (κ3) is 3.95. The fraction of sp³-hybridized carbons (Fsp3) is 0.533. The first-order valence-electron chi connectivity index (χ1n) is 6.40. The largest absolute Gasteiger partial charge is 0.352 e. The van der Waals surface area contributed by atoms with Crippen molar-refractivity contribution in [2.24, 2.45) is 0 Å². The molecule has 0 fully saturated rings. The van der Waals surface area contributed by atoms with E-state index in [-0.39, 0.29) is 17.2 Å². The summed E-state index contributed by atoms with van der Waals surface area (Å²) in [5.41, 5.74) is 2.37. The van der Waals surface area contributed by atoms with Gasteiger partial charge in [-0.1, -0.05) is 39.0 Å². The highest BCUT2D eigenvalue weighted by atomic mass is 35.5. The summed E-state index contributed by atoms with van der Waals surface area (Å²) < 4.78 is 10.6. The normalized spacial score (nSPS) is 11.8. The van der Waals surface area contributed by atoms with Crippen LogP contribution in [0.2, 0.25) is 0 Å². The van der Waals surface area contributed by atoms with Gasteiger partial charge in [-0.2, -0.15) is 0 Å². The van der Waals surface area contributed by atoms with Gasteiger partial charge in [0.1, 0.15) is 5.88 Å². The highest BCUT2D eigenvalue weighted by Crippen LogP contribution is 2.36. The molecule has 20 heavy (non-hydrogen) atoms. The fourth-order valence-corrected chi connectivity index (χ4v) is 2.12. The molecule has 1 amide bonds. The molecule has 0 atom stereocenters. The Kier molecular flexibility index (Phi) is 5.99. The molecule has 0 saturated carbocycles. The van der Waals surface area contributed by atoms with E-state index >= 15 is 0 Å². The van der Waals surface area contributed by atoms with Crippen molar-refractivity contribution in [3.05, 3.63) is 29.3 Å². The van der Waals surface area contributed by atoms with Crippen molar-refractivity contribution in [2.45, 2.75) is 32.5 Å². The van der Waals surface area contributed by atoms with Crippen LogP contribution in [0.5, 0.6) is 0 Å². The molecular weight excluding hydrogens is 278 g/mol. The summed E-state index contributed by atoms with van der Waals surface area (Å²) >= 11 is 5.59. The molecule has 0 aliphatic heterocycles. The summed E-state index contributed by atoms with van der Waals surface area (Å²) in [6, 6.07) is 5.78. The van der Waals surface area contributed by atoms with Crippen LogP contribution in [0.4, 0.5) is 5.69 Å².